The van der Waals surface area contributed by atoms with Crippen molar-refractivity contribution in [2.45, 2.75) is 63.3 Å². The van der Waals surface area contributed by atoms with Crippen LogP contribution in [0.5, 0.6) is 0 Å². The molecule has 0 heterocycles. The number of carbonyl (C=O) groups excluding carboxylic acids is 1. The monoisotopic (exact) mass is 256 g/mol. The van der Waals surface area contributed by atoms with Gasteiger partial charge in [0, 0.05) is 16.8 Å². The molecule has 0 bridgehead atoms. The predicted octanol–water partition coefficient (Wildman–Crippen LogP) is 3.05. The number of carbonyl (C=O) groups is 1. The Morgan fingerprint density at radius 1 is 1.41 bits per heavy atom. The van der Waals surface area contributed by atoms with Gasteiger partial charge >= 0.3 is 0 Å². The van der Waals surface area contributed by atoms with E-state index in [4.69, 9.17) is 5.73 Å². The molecule has 0 saturated carbocycles. The molecule has 0 radical (unpaired) electrons. The zero-order valence-corrected chi connectivity index (χ0v) is 11.8. The lowest BCUT2D eigenvalue weighted by atomic mass is 9.97. The molecule has 3 nitrogen and oxygen atoms in total. The van der Waals surface area contributed by atoms with Gasteiger partial charge in [-0.3, -0.25) is 4.79 Å². The molecule has 1 aliphatic carbocycles. The van der Waals surface area contributed by atoms with E-state index in [2.05, 4.69) is 17.5 Å². The first-order chi connectivity index (χ1) is 7.88. The van der Waals surface area contributed by atoms with E-state index < -0.39 is 0 Å². The number of rotatable bonds is 1. The van der Waals surface area contributed by atoms with Gasteiger partial charge in [-0.2, -0.15) is 0 Å². The summed E-state index contributed by atoms with van der Waals surface area (Å²) in [5, 5.41) is 3.10. The number of allylic oxidation sites excluding steroid dienone is 1. The molecule has 0 aromatic rings. The van der Waals surface area contributed by atoms with Crippen molar-refractivity contribution in [2.75, 3.05) is 0 Å². The van der Waals surface area contributed by atoms with Crippen LogP contribution in [0.1, 0.15) is 46.5 Å². The minimum absolute atomic E-state index is 0.0380. The second-order valence-electron chi connectivity index (χ2n) is 5.55. The molecule has 0 aromatic carbocycles. The fourth-order valence-electron chi connectivity index (χ4n) is 1.84. The normalized spacial score (nSPS) is 28.0. The van der Waals surface area contributed by atoms with Crippen LogP contribution in [0, 0.1) is 0 Å². The Hall–Kier alpha value is -0.480. The highest BCUT2D eigenvalue weighted by Crippen LogP contribution is 2.24. The number of nitrogens with two attached hydrogens (primary N) is 1. The zero-order valence-electron chi connectivity index (χ0n) is 11.0. The summed E-state index contributed by atoms with van der Waals surface area (Å²) in [5.41, 5.74) is 6.09. The van der Waals surface area contributed by atoms with Crippen LogP contribution in [0.4, 0.5) is 4.79 Å². The number of thioether (sulfide) groups is 1. The van der Waals surface area contributed by atoms with E-state index in [1.807, 2.05) is 20.8 Å². The molecule has 17 heavy (non-hydrogen) atoms. The molecule has 3 N–H and O–H groups in total. The molecule has 1 amide bonds. The second kappa shape index (κ2) is 6.45. The predicted molar refractivity (Wildman–Crippen MR) is 75.2 cm³/mol. The molecule has 0 aromatic heterocycles. The van der Waals surface area contributed by atoms with Crippen LogP contribution < -0.4 is 11.1 Å². The van der Waals surface area contributed by atoms with Crippen molar-refractivity contribution in [1.29, 1.82) is 0 Å². The van der Waals surface area contributed by atoms with E-state index in [1.165, 1.54) is 11.8 Å². The Labute approximate surface area is 109 Å². The lowest BCUT2D eigenvalue weighted by molar-refractivity contribution is 0.253. The molecular formula is C13H24N2OS. The summed E-state index contributed by atoms with van der Waals surface area (Å²) < 4.78 is -0.0459. The van der Waals surface area contributed by atoms with Crippen LogP contribution in [0.15, 0.2) is 12.2 Å². The fourth-order valence-corrected chi connectivity index (χ4v) is 2.61. The van der Waals surface area contributed by atoms with Gasteiger partial charge in [0.2, 0.25) is 0 Å². The van der Waals surface area contributed by atoms with Crippen molar-refractivity contribution in [3.05, 3.63) is 12.2 Å². The van der Waals surface area contributed by atoms with E-state index in [0.717, 1.165) is 25.7 Å². The van der Waals surface area contributed by atoms with Gasteiger partial charge in [0.1, 0.15) is 0 Å². The van der Waals surface area contributed by atoms with Crippen molar-refractivity contribution in [2.24, 2.45) is 5.73 Å². The van der Waals surface area contributed by atoms with Gasteiger partial charge in [0.05, 0.1) is 0 Å². The van der Waals surface area contributed by atoms with Gasteiger partial charge in [0.25, 0.3) is 5.24 Å². The van der Waals surface area contributed by atoms with Crippen molar-refractivity contribution in [1.82, 2.24) is 5.32 Å². The second-order valence-corrected chi connectivity index (χ2v) is 7.35. The molecule has 1 rings (SSSR count). The van der Waals surface area contributed by atoms with Crippen LogP contribution in [0.3, 0.4) is 0 Å². The first kappa shape index (κ1) is 14.6. The first-order valence-electron chi connectivity index (χ1n) is 6.28. The molecule has 4 heteroatoms. The van der Waals surface area contributed by atoms with Crippen LogP contribution in [-0.4, -0.2) is 22.1 Å². The summed E-state index contributed by atoms with van der Waals surface area (Å²) in [6, 6.07) is 0.151. The standard InChI is InChI=1S/C13H24N2OS/c1-13(2,3)17-12(16)15-11-9-7-5-4-6-8-10(11)14/h4,6,10-11H,5,7-9,14H2,1-3H3,(H,15,16)/b6-4+/t10-,11-/m1/s1. The average Bonchev–Trinajstić information content (AvgIpc) is 2.15. The highest BCUT2D eigenvalue weighted by atomic mass is 32.2. The lowest BCUT2D eigenvalue weighted by Crippen LogP contribution is -2.47. The molecule has 0 unspecified atom stereocenters. The van der Waals surface area contributed by atoms with Crippen LogP contribution in [-0.2, 0) is 0 Å². The maximum absolute atomic E-state index is 11.8. The smallest absolute Gasteiger partial charge is 0.279 e. The third kappa shape index (κ3) is 6.13. The first-order valence-corrected chi connectivity index (χ1v) is 7.10. The van der Waals surface area contributed by atoms with Gasteiger partial charge in [0.15, 0.2) is 0 Å². The molecule has 0 spiro atoms. The Bertz CT molecular complexity index is 284. The van der Waals surface area contributed by atoms with Crippen LogP contribution in [0.2, 0.25) is 0 Å². The maximum Gasteiger partial charge on any atom is 0.279 e. The Morgan fingerprint density at radius 2 is 2.12 bits per heavy atom. The van der Waals surface area contributed by atoms with Crippen molar-refractivity contribution in [3.8, 4) is 0 Å². The summed E-state index contributed by atoms with van der Waals surface area (Å²) in [5.74, 6) is 0. The van der Waals surface area contributed by atoms with Gasteiger partial charge in [-0.25, -0.2) is 0 Å². The van der Waals surface area contributed by atoms with E-state index in [9.17, 15) is 4.79 Å². The third-order valence-electron chi connectivity index (χ3n) is 2.68. The molecule has 0 aliphatic heterocycles. The van der Waals surface area contributed by atoms with Gasteiger partial charge < -0.3 is 11.1 Å². The van der Waals surface area contributed by atoms with Gasteiger partial charge in [-0.15, -0.1) is 0 Å². The SMILES string of the molecule is CC(C)(C)SC(=O)N[C@@H]1CCC/C=C/C[C@H]1N. The number of nitrogens with one attached hydrogen (secondary N) is 1. The highest BCUT2D eigenvalue weighted by Gasteiger charge is 2.23. The Kier molecular flexibility index (Phi) is 5.53. The van der Waals surface area contributed by atoms with E-state index in [-0.39, 0.29) is 22.1 Å². The molecule has 98 valence electrons. The summed E-state index contributed by atoms with van der Waals surface area (Å²) in [6.45, 7) is 6.12. The topological polar surface area (TPSA) is 55.1 Å². The molecule has 0 fully saturated rings. The van der Waals surface area contributed by atoms with Gasteiger partial charge in [-0.1, -0.05) is 44.7 Å². The third-order valence-corrected chi connectivity index (χ3v) is 3.60. The summed E-state index contributed by atoms with van der Waals surface area (Å²) in [4.78, 5) is 11.8. The van der Waals surface area contributed by atoms with Gasteiger partial charge in [-0.05, 0) is 25.7 Å². The lowest BCUT2D eigenvalue weighted by Gasteiger charge is -2.27. The fraction of sp³-hybridized carbons (Fsp3) is 0.769. The number of hydrogen-bond donors (Lipinski definition) is 2. The maximum atomic E-state index is 11.8. The van der Waals surface area contributed by atoms with Crippen molar-refractivity contribution >= 4 is 17.0 Å². The van der Waals surface area contributed by atoms with Crippen molar-refractivity contribution in [3.63, 3.8) is 0 Å². The molecule has 2 atom stereocenters. The van der Waals surface area contributed by atoms with Crippen LogP contribution in [0.25, 0.3) is 0 Å². The number of amides is 1. The molecule has 1 aliphatic rings. The Morgan fingerprint density at radius 3 is 2.76 bits per heavy atom. The van der Waals surface area contributed by atoms with E-state index in [0.29, 0.717) is 0 Å². The molecular weight excluding hydrogens is 232 g/mol. The minimum atomic E-state index is -0.0459. The average molecular weight is 256 g/mol. The number of hydrogen-bond acceptors (Lipinski definition) is 3. The van der Waals surface area contributed by atoms with Crippen molar-refractivity contribution < 1.29 is 4.79 Å². The highest BCUT2D eigenvalue weighted by molar-refractivity contribution is 8.14. The summed E-state index contributed by atoms with van der Waals surface area (Å²) in [7, 11) is 0. The zero-order chi connectivity index (χ0) is 12.9. The minimum Gasteiger partial charge on any atom is -0.343 e. The van der Waals surface area contributed by atoms with E-state index >= 15 is 0 Å². The largest absolute Gasteiger partial charge is 0.343 e. The van der Waals surface area contributed by atoms with Crippen LogP contribution >= 0.6 is 11.8 Å². The Balaban J connectivity index is 2.48. The quantitative estimate of drug-likeness (QED) is 0.709. The van der Waals surface area contributed by atoms with E-state index in [1.54, 1.807) is 0 Å². The molecule has 0 saturated heterocycles. The summed E-state index contributed by atoms with van der Waals surface area (Å²) in [6.07, 6.45) is 8.32. The summed E-state index contributed by atoms with van der Waals surface area (Å²) >= 11 is 1.34.